The van der Waals surface area contributed by atoms with E-state index >= 15 is 0 Å². The van der Waals surface area contributed by atoms with Crippen molar-refractivity contribution in [1.29, 1.82) is 0 Å². The smallest absolute Gasteiger partial charge is 0.0528 e. The number of hydrogen-bond acceptors (Lipinski definition) is 1. The predicted octanol–water partition coefficient (Wildman–Crippen LogP) is 6.65. The Morgan fingerprint density at radius 1 is 0.875 bits per heavy atom. The van der Waals surface area contributed by atoms with E-state index in [1.54, 1.807) is 0 Å². The number of para-hydroxylation sites is 1. The Balaban J connectivity index is 2.10. The molecular formula is C22H19NS. The van der Waals surface area contributed by atoms with Gasteiger partial charge in [0.2, 0.25) is 0 Å². The predicted molar refractivity (Wildman–Crippen MR) is 107 cm³/mol. The summed E-state index contributed by atoms with van der Waals surface area (Å²) in [7, 11) is 2.21. The first-order valence-electron chi connectivity index (χ1n) is 8.60. The normalized spacial score (nSPS) is 12.1. The second-order valence-corrected chi connectivity index (χ2v) is 7.63. The van der Waals surface area contributed by atoms with Crippen molar-refractivity contribution >= 4 is 53.3 Å². The Labute approximate surface area is 145 Å². The molecule has 5 rings (SSSR count). The van der Waals surface area contributed by atoms with Crippen molar-refractivity contribution in [2.45, 2.75) is 19.8 Å². The zero-order valence-electron chi connectivity index (χ0n) is 14.0. The fourth-order valence-electron chi connectivity index (χ4n) is 4.15. The van der Waals surface area contributed by atoms with E-state index in [1.165, 1.54) is 54.0 Å². The third kappa shape index (κ3) is 1.75. The lowest BCUT2D eigenvalue weighted by Crippen LogP contribution is -1.94. The van der Waals surface area contributed by atoms with Gasteiger partial charge in [-0.3, -0.25) is 0 Å². The molecule has 5 aromatic rings. The van der Waals surface area contributed by atoms with Crippen molar-refractivity contribution in [3.8, 4) is 0 Å². The molecule has 118 valence electrons. The van der Waals surface area contributed by atoms with E-state index in [-0.39, 0.29) is 0 Å². The Bertz CT molecular complexity index is 1220. The van der Waals surface area contributed by atoms with Gasteiger partial charge in [-0.05, 0) is 30.2 Å². The molecule has 24 heavy (non-hydrogen) atoms. The van der Waals surface area contributed by atoms with Crippen LogP contribution in [-0.4, -0.2) is 4.57 Å². The molecule has 0 spiro atoms. The average Bonchev–Trinajstić information content (AvgIpc) is 3.12. The standard InChI is InChI=1S/C22H19NS/c1-3-8-16-21-15-10-5-7-12-19(15)24-20(21)13-17-14-9-4-6-11-18(14)23(2)22(16)17/h4-7,9-13H,3,8H2,1-2H3. The second kappa shape index (κ2) is 5.09. The highest BCUT2D eigenvalue weighted by Gasteiger charge is 2.17. The largest absolute Gasteiger partial charge is 0.343 e. The molecule has 1 nitrogen and oxygen atoms in total. The van der Waals surface area contributed by atoms with Crippen LogP contribution in [-0.2, 0) is 13.5 Å². The summed E-state index contributed by atoms with van der Waals surface area (Å²) in [5.41, 5.74) is 4.25. The summed E-state index contributed by atoms with van der Waals surface area (Å²) in [6, 6.07) is 20.0. The zero-order chi connectivity index (χ0) is 16.3. The molecule has 3 aromatic carbocycles. The molecule has 2 aromatic heterocycles. The van der Waals surface area contributed by atoms with Gasteiger partial charge < -0.3 is 4.57 Å². The van der Waals surface area contributed by atoms with Gasteiger partial charge in [0.05, 0.1) is 5.52 Å². The van der Waals surface area contributed by atoms with Gasteiger partial charge >= 0.3 is 0 Å². The minimum atomic E-state index is 1.12. The molecule has 0 unspecified atom stereocenters. The molecule has 2 heteroatoms. The molecule has 0 bridgehead atoms. The lowest BCUT2D eigenvalue weighted by Gasteiger charge is -2.08. The summed E-state index contributed by atoms with van der Waals surface area (Å²) in [5.74, 6) is 0. The summed E-state index contributed by atoms with van der Waals surface area (Å²) >= 11 is 1.93. The van der Waals surface area contributed by atoms with Crippen LogP contribution >= 0.6 is 11.3 Å². The van der Waals surface area contributed by atoms with Crippen LogP contribution in [0.2, 0.25) is 0 Å². The number of aromatic nitrogens is 1. The fourth-order valence-corrected chi connectivity index (χ4v) is 5.33. The van der Waals surface area contributed by atoms with Crippen molar-refractivity contribution in [3.63, 3.8) is 0 Å². The average molecular weight is 329 g/mol. The topological polar surface area (TPSA) is 4.93 Å². The molecule has 0 radical (unpaired) electrons. The number of fused-ring (bicyclic) bond motifs is 6. The minimum absolute atomic E-state index is 1.12. The molecule has 0 amide bonds. The Kier molecular flexibility index (Phi) is 2.98. The van der Waals surface area contributed by atoms with Crippen LogP contribution in [0.3, 0.4) is 0 Å². The van der Waals surface area contributed by atoms with Crippen molar-refractivity contribution < 1.29 is 0 Å². The van der Waals surface area contributed by atoms with E-state index in [2.05, 4.69) is 73.1 Å². The van der Waals surface area contributed by atoms with E-state index in [0.717, 1.165) is 6.42 Å². The summed E-state index contributed by atoms with van der Waals surface area (Å²) in [6.45, 7) is 2.28. The maximum atomic E-state index is 2.41. The molecule has 0 aliphatic rings. The van der Waals surface area contributed by atoms with Crippen LogP contribution in [0.25, 0.3) is 42.0 Å². The van der Waals surface area contributed by atoms with Gasteiger partial charge in [-0.15, -0.1) is 11.3 Å². The highest BCUT2D eigenvalue weighted by Crippen LogP contribution is 2.42. The zero-order valence-corrected chi connectivity index (χ0v) is 14.8. The van der Waals surface area contributed by atoms with Crippen LogP contribution in [0.1, 0.15) is 18.9 Å². The molecule has 0 aliphatic heterocycles. The number of rotatable bonds is 2. The Morgan fingerprint density at radius 2 is 1.62 bits per heavy atom. The van der Waals surface area contributed by atoms with Crippen molar-refractivity contribution in [2.24, 2.45) is 7.05 Å². The number of nitrogens with zero attached hydrogens (tertiary/aromatic N) is 1. The van der Waals surface area contributed by atoms with E-state index < -0.39 is 0 Å². The van der Waals surface area contributed by atoms with Crippen molar-refractivity contribution in [2.75, 3.05) is 0 Å². The maximum absolute atomic E-state index is 2.41. The van der Waals surface area contributed by atoms with E-state index in [1.807, 2.05) is 11.3 Å². The third-order valence-electron chi connectivity index (χ3n) is 5.13. The van der Waals surface area contributed by atoms with Gasteiger partial charge in [-0.25, -0.2) is 0 Å². The quantitative estimate of drug-likeness (QED) is 0.341. The van der Waals surface area contributed by atoms with Gasteiger partial charge in [0.1, 0.15) is 0 Å². The van der Waals surface area contributed by atoms with Crippen LogP contribution in [0, 0.1) is 0 Å². The molecule has 0 saturated carbocycles. The molecule has 0 fully saturated rings. The van der Waals surface area contributed by atoms with Gasteiger partial charge in [0.25, 0.3) is 0 Å². The molecule has 0 aliphatic carbocycles. The summed E-state index contributed by atoms with van der Waals surface area (Å²) < 4.78 is 5.20. The fraction of sp³-hybridized carbons (Fsp3) is 0.182. The lowest BCUT2D eigenvalue weighted by molar-refractivity contribution is 0.920. The van der Waals surface area contributed by atoms with Gasteiger partial charge in [0.15, 0.2) is 0 Å². The molecule has 0 N–H and O–H groups in total. The lowest BCUT2D eigenvalue weighted by atomic mass is 9.99. The molecule has 0 atom stereocenters. The summed E-state index contributed by atoms with van der Waals surface area (Å²) in [4.78, 5) is 0. The molecule has 0 saturated heterocycles. The first kappa shape index (κ1) is 14.1. The third-order valence-corrected chi connectivity index (χ3v) is 6.25. The number of hydrogen-bond donors (Lipinski definition) is 0. The van der Waals surface area contributed by atoms with E-state index in [9.17, 15) is 0 Å². The number of aryl methyl sites for hydroxylation is 2. The Hall–Kier alpha value is -2.32. The van der Waals surface area contributed by atoms with Crippen LogP contribution in [0.15, 0.2) is 54.6 Å². The number of thiophene rings is 1. The van der Waals surface area contributed by atoms with E-state index in [4.69, 9.17) is 0 Å². The van der Waals surface area contributed by atoms with E-state index in [0.29, 0.717) is 0 Å². The second-order valence-electron chi connectivity index (χ2n) is 6.55. The summed E-state index contributed by atoms with van der Waals surface area (Å²) in [6.07, 6.45) is 2.29. The highest BCUT2D eigenvalue weighted by atomic mass is 32.1. The van der Waals surface area contributed by atoms with Gasteiger partial charge in [-0.1, -0.05) is 49.7 Å². The maximum Gasteiger partial charge on any atom is 0.0528 e. The first-order valence-corrected chi connectivity index (χ1v) is 9.41. The minimum Gasteiger partial charge on any atom is -0.343 e. The van der Waals surface area contributed by atoms with Gasteiger partial charge in [0, 0.05) is 43.5 Å². The molecule has 2 heterocycles. The van der Waals surface area contributed by atoms with Crippen LogP contribution in [0.5, 0.6) is 0 Å². The van der Waals surface area contributed by atoms with Gasteiger partial charge in [-0.2, -0.15) is 0 Å². The first-order chi connectivity index (χ1) is 11.8. The monoisotopic (exact) mass is 329 g/mol. The SMILES string of the molecule is CCCc1c2c(cc3c4ccccc4n(C)c13)sc1ccccc12. The molecular weight excluding hydrogens is 310 g/mol. The highest BCUT2D eigenvalue weighted by molar-refractivity contribution is 7.26. The van der Waals surface area contributed by atoms with Crippen molar-refractivity contribution in [3.05, 3.63) is 60.2 Å². The van der Waals surface area contributed by atoms with Crippen molar-refractivity contribution in [1.82, 2.24) is 4.57 Å². The van der Waals surface area contributed by atoms with Crippen LogP contribution < -0.4 is 0 Å². The Morgan fingerprint density at radius 3 is 2.46 bits per heavy atom. The number of benzene rings is 3. The summed E-state index contributed by atoms with van der Waals surface area (Å²) in [5, 5.41) is 5.64. The van der Waals surface area contributed by atoms with Crippen LogP contribution in [0.4, 0.5) is 0 Å².